The fraction of sp³-hybridized carbons (Fsp3) is 0.471. The van der Waals surface area contributed by atoms with Gasteiger partial charge in [-0.05, 0) is 13.0 Å². The minimum absolute atomic E-state index is 0.0470. The normalized spacial score (nSPS) is 15.7. The van der Waals surface area contributed by atoms with Crippen molar-refractivity contribution in [1.82, 2.24) is 34.4 Å². The summed E-state index contributed by atoms with van der Waals surface area (Å²) in [6.07, 6.45) is 3.54. The summed E-state index contributed by atoms with van der Waals surface area (Å²) in [7, 11) is 1.89. The van der Waals surface area contributed by atoms with E-state index >= 15 is 0 Å². The summed E-state index contributed by atoms with van der Waals surface area (Å²) >= 11 is 0. The Bertz CT molecular complexity index is 970. The van der Waals surface area contributed by atoms with Gasteiger partial charge in [0.15, 0.2) is 5.65 Å². The van der Waals surface area contributed by atoms with E-state index < -0.39 is 0 Å². The predicted octanol–water partition coefficient (Wildman–Crippen LogP) is 0.0506. The van der Waals surface area contributed by atoms with Gasteiger partial charge < -0.3 is 4.90 Å². The van der Waals surface area contributed by atoms with Crippen molar-refractivity contribution in [3.63, 3.8) is 0 Å². The van der Waals surface area contributed by atoms with Gasteiger partial charge in [0.05, 0.1) is 17.6 Å². The van der Waals surface area contributed by atoms with Crippen LogP contribution in [-0.2, 0) is 13.6 Å². The number of aromatic nitrogens is 6. The molecule has 1 aliphatic rings. The summed E-state index contributed by atoms with van der Waals surface area (Å²) in [6, 6.07) is 3.33. The van der Waals surface area contributed by atoms with Gasteiger partial charge >= 0.3 is 0 Å². The van der Waals surface area contributed by atoms with Gasteiger partial charge in [-0.3, -0.25) is 14.4 Å². The summed E-state index contributed by atoms with van der Waals surface area (Å²) in [5.74, 6) is 0.944. The van der Waals surface area contributed by atoms with Crippen molar-refractivity contribution in [1.29, 1.82) is 0 Å². The topological polar surface area (TPSA) is 85.0 Å². The molecule has 1 saturated heterocycles. The third-order valence-corrected chi connectivity index (χ3v) is 4.71. The molecule has 0 bridgehead atoms. The number of hydrogen-bond donors (Lipinski definition) is 0. The maximum absolute atomic E-state index is 11.9. The number of aryl methyl sites for hydroxylation is 2. The van der Waals surface area contributed by atoms with Gasteiger partial charge in [-0.25, -0.2) is 14.6 Å². The summed E-state index contributed by atoms with van der Waals surface area (Å²) in [6.45, 7) is 6.94. The molecule has 0 amide bonds. The van der Waals surface area contributed by atoms with Gasteiger partial charge in [-0.1, -0.05) is 0 Å². The molecule has 4 heterocycles. The Morgan fingerprint density at radius 1 is 1.04 bits per heavy atom. The van der Waals surface area contributed by atoms with Gasteiger partial charge in [0.25, 0.3) is 5.56 Å². The highest BCUT2D eigenvalue weighted by Crippen LogP contribution is 2.22. The van der Waals surface area contributed by atoms with Gasteiger partial charge in [0.2, 0.25) is 0 Å². The molecule has 0 radical (unpaired) electrons. The number of piperazine rings is 1. The zero-order chi connectivity index (χ0) is 18.1. The van der Waals surface area contributed by atoms with Crippen LogP contribution in [-0.4, -0.2) is 67.2 Å². The standard InChI is InChI=1S/C17H22N8O/c1-13-3-4-15(26)25(20-13)10-7-23-5-8-24(9-6-23)17-14-11-22(2)21-16(14)18-12-19-17/h3-4,11-12H,5-10H2,1-2H3. The van der Waals surface area contributed by atoms with E-state index in [2.05, 4.69) is 30.0 Å². The van der Waals surface area contributed by atoms with Crippen molar-refractivity contribution in [2.45, 2.75) is 13.5 Å². The van der Waals surface area contributed by atoms with Gasteiger partial charge in [0.1, 0.15) is 12.1 Å². The minimum atomic E-state index is -0.0470. The highest BCUT2D eigenvalue weighted by molar-refractivity contribution is 5.86. The van der Waals surface area contributed by atoms with Gasteiger partial charge in [0, 0.05) is 52.0 Å². The fourth-order valence-corrected chi connectivity index (χ4v) is 3.32. The van der Waals surface area contributed by atoms with E-state index in [1.165, 1.54) is 0 Å². The Balaban J connectivity index is 1.39. The summed E-state index contributed by atoms with van der Waals surface area (Å²) in [4.78, 5) is 25.2. The molecule has 0 atom stereocenters. The first-order valence-electron chi connectivity index (χ1n) is 8.76. The van der Waals surface area contributed by atoms with E-state index in [1.807, 2.05) is 20.2 Å². The number of hydrogen-bond acceptors (Lipinski definition) is 7. The summed E-state index contributed by atoms with van der Waals surface area (Å²) in [5, 5.41) is 9.63. The third-order valence-electron chi connectivity index (χ3n) is 4.71. The van der Waals surface area contributed by atoms with Crippen LogP contribution in [0.2, 0.25) is 0 Å². The van der Waals surface area contributed by atoms with Crippen LogP contribution in [0.3, 0.4) is 0 Å². The van der Waals surface area contributed by atoms with Crippen molar-refractivity contribution in [2.24, 2.45) is 7.05 Å². The third kappa shape index (κ3) is 3.30. The van der Waals surface area contributed by atoms with Crippen LogP contribution in [0.5, 0.6) is 0 Å². The molecular formula is C17H22N8O. The molecule has 0 aliphatic carbocycles. The monoisotopic (exact) mass is 354 g/mol. The van der Waals surface area contributed by atoms with Gasteiger partial charge in [-0.2, -0.15) is 10.2 Å². The molecule has 9 heteroatoms. The molecule has 0 saturated carbocycles. The van der Waals surface area contributed by atoms with Crippen molar-refractivity contribution in [3.8, 4) is 0 Å². The molecule has 26 heavy (non-hydrogen) atoms. The lowest BCUT2D eigenvalue weighted by atomic mass is 10.2. The van der Waals surface area contributed by atoms with E-state index in [-0.39, 0.29) is 5.56 Å². The summed E-state index contributed by atoms with van der Waals surface area (Å²) in [5.41, 5.74) is 1.54. The van der Waals surface area contributed by atoms with Crippen molar-refractivity contribution in [2.75, 3.05) is 37.6 Å². The lowest BCUT2D eigenvalue weighted by Gasteiger charge is -2.35. The molecule has 0 unspecified atom stereocenters. The predicted molar refractivity (Wildman–Crippen MR) is 98.2 cm³/mol. The van der Waals surface area contributed by atoms with Crippen molar-refractivity contribution >= 4 is 16.9 Å². The zero-order valence-corrected chi connectivity index (χ0v) is 15.0. The number of anilines is 1. The molecule has 0 N–H and O–H groups in total. The number of rotatable bonds is 4. The Hall–Kier alpha value is -2.81. The maximum Gasteiger partial charge on any atom is 0.266 e. The minimum Gasteiger partial charge on any atom is -0.353 e. The van der Waals surface area contributed by atoms with E-state index in [9.17, 15) is 4.79 Å². The molecule has 9 nitrogen and oxygen atoms in total. The first-order valence-corrected chi connectivity index (χ1v) is 8.76. The Morgan fingerprint density at radius 3 is 2.65 bits per heavy atom. The van der Waals surface area contributed by atoms with E-state index in [0.29, 0.717) is 6.54 Å². The van der Waals surface area contributed by atoms with Gasteiger partial charge in [-0.15, -0.1) is 0 Å². The molecule has 3 aromatic rings. The van der Waals surface area contributed by atoms with Crippen LogP contribution in [0, 0.1) is 6.92 Å². The Labute approximate surface area is 150 Å². The first-order chi connectivity index (χ1) is 12.6. The van der Waals surface area contributed by atoms with E-state index in [0.717, 1.165) is 55.3 Å². The smallest absolute Gasteiger partial charge is 0.266 e. The zero-order valence-electron chi connectivity index (χ0n) is 15.0. The quantitative estimate of drug-likeness (QED) is 0.654. The molecule has 4 rings (SSSR count). The second-order valence-corrected chi connectivity index (χ2v) is 6.60. The van der Waals surface area contributed by atoms with Crippen LogP contribution in [0.1, 0.15) is 5.69 Å². The highest BCUT2D eigenvalue weighted by atomic mass is 16.1. The molecule has 0 spiro atoms. The maximum atomic E-state index is 11.9. The fourth-order valence-electron chi connectivity index (χ4n) is 3.32. The van der Waals surface area contributed by atoms with Crippen molar-refractivity contribution < 1.29 is 0 Å². The number of fused-ring (bicyclic) bond motifs is 1. The average Bonchev–Trinajstić information content (AvgIpc) is 3.03. The molecule has 3 aromatic heterocycles. The SMILES string of the molecule is Cc1ccc(=O)n(CCN2CCN(c3ncnc4nn(C)cc34)CC2)n1. The highest BCUT2D eigenvalue weighted by Gasteiger charge is 2.20. The van der Waals surface area contributed by atoms with E-state index in [1.54, 1.807) is 27.8 Å². The van der Waals surface area contributed by atoms with Crippen LogP contribution < -0.4 is 10.5 Å². The van der Waals surface area contributed by atoms with Crippen molar-refractivity contribution in [3.05, 3.63) is 40.7 Å². The Kier molecular flexibility index (Phi) is 4.37. The van der Waals surface area contributed by atoms with Crippen LogP contribution in [0.15, 0.2) is 29.5 Å². The molecular weight excluding hydrogens is 332 g/mol. The average molecular weight is 354 g/mol. The first kappa shape index (κ1) is 16.6. The lowest BCUT2D eigenvalue weighted by molar-refractivity contribution is 0.242. The second kappa shape index (κ2) is 6.83. The summed E-state index contributed by atoms with van der Waals surface area (Å²) < 4.78 is 3.32. The molecule has 0 aromatic carbocycles. The van der Waals surface area contributed by atoms with E-state index in [4.69, 9.17) is 0 Å². The largest absolute Gasteiger partial charge is 0.353 e. The van der Waals surface area contributed by atoms with Crippen LogP contribution >= 0.6 is 0 Å². The molecule has 1 aliphatic heterocycles. The molecule has 136 valence electrons. The molecule has 1 fully saturated rings. The second-order valence-electron chi connectivity index (χ2n) is 6.60. The number of nitrogens with zero attached hydrogens (tertiary/aromatic N) is 8. The Morgan fingerprint density at radius 2 is 1.85 bits per heavy atom. The van der Waals surface area contributed by atoms with Crippen LogP contribution in [0.25, 0.3) is 11.0 Å². The lowest BCUT2D eigenvalue weighted by Crippen LogP contribution is -2.48. The van der Waals surface area contributed by atoms with Crippen LogP contribution in [0.4, 0.5) is 5.82 Å².